The average molecular weight is 439 g/mol. The highest BCUT2D eigenvalue weighted by atomic mass is 19.1. The lowest BCUT2D eigenvalue weighted by Gasteiger charge is -2.14. The van der Waals surface area contributed by atoms with Crippen molar-refractivity contribution in [3.63, 3.8) is 0 Å². The molecule has 0 saturated heterocycles. The number of aromatic nitrogens is 2. The van der Waals surface area contributed by atoms with E-state index >= 15 is 0 Å². The third kappa shape index (κ3) is 5.01. The van der Waals surface area contributed by atoms with Crippen LogP contribution in [-0.2, 0) is 28.8 Å². The Kier molecular flexibility index (Phi) is 6.58. The molecule has 166 valence electrons. The van der Waals surface area contributed by atoms with Crippen LogP contribution in [0.25, 0.3) is 5.69 Å². The number of benzene rings is 2. The Morgan fingerprint density at radius 2 is 1.62 bits per heavy atom. The van der Waals surface area contributed by atoms with Crippen molar-refractivity contribution < 1.29 is 23.1 Å². The van der Waals surface area contributed by atoms with Crippen molar-refractivity contribution in [2.75, 3.05) is 13.2 Å². The number of nitrogens with one attached hydrogen (secondary N) is 1. The third-order valence-corrected chi connectivity index (χ3v) is 5.43. The zero-order chi connectivity index (χ0) is 22.5. The molecule has 0 saturated carbocycles. The minimum absolute atomic E-state index is 0.197. The van der Waals surface area contributed by atoms with Crippen LogP contribution in [0.4, 0.5) is 8.78 Å². The molecule has 1 aliphatic carbocycles. The SMILES string of the molecule is O=C(COC(=O)c1nn(-c2ccc(F)cc2)c2c1CCCC2)NCCc1ccc(F)cc1. The molecule has 0 atom stereocenters. The number of rotatable bonds is 7. The predicted octanol–water partition coefficient (Wildman–Crippen LogP) is 3.55. The van der Waals surface area contributed by atoms with Gasteiger partial charge in [0.2, 0.25) is 0 Å². The lowest BCUT2D eigenvalue weighted by Crippen LogP contribution is -2.30. The first-order valence-electron chi connectivity index (χ1n) is 10.6. The van der Waals surface area contributed by atoms with Gasteiger partial charge in [0.1, 0.15) is 11.6 Å². The summed E-state index contributed by atoms with van der Waals surface area (Å²) in [6.45, 7) is -0.0724. The van der Waals surface area contributed by atoms with Gasteiger partial charge in [0.25, 0.3) is 5.91 Å². The van der Waals surface area contributed by atoms with E-state index in [-0.39, 0.29) is 17.3 Å². The standard InChI is InChI=1S/C24H23F2N3O3/c25-17-7-5-16(6-8-17)13-14-27-22(30)15-32-24(31)23-20-3-1-2-4-21(20)29(28-23)19-11-9-18(26)10-12-19/h5-12H,1-4,13-15H2,(H,27,30). The van der Waals surface area contributed by atoms with Crippen molar-refractivity contribution in [2.24, 2.45) is 0 Å². The van der Waals surface area contributed by atoms with E-state index < -0.39 is 18.5 Å². The minimum Gasteiger partial charge on any atom is -0.451 e. The molecule has 1 aromatic heterocycles. The lowest BCUT2D eigenvalue weighted by atomic mass is 9.95. The highest BCUT2D eigenvalue weighted by Crippen LogP contribution is 2.27. The molecule has 0 fully saturated rings. The van der Waals surface area contributed by atoms with Gasteiger partial charge in [0, 0.05) is 17.8 Å². The lowest BCUT2D eigenvalue weighted by molar-refractivity contribution is -0.124. The fourth-order valence-corrected chi connectivity index (χ4v) is 3.81. The van der Waals surface area contributed by atoms with E-state index in [1.165, 1.54) is 24.3 Å². The summed E-state index contributed by atoms with van der Waals surface area (Å²) in [5.41, 5.74) is 3.49. The summed E-state index contributed by atoms with van der Waals surface area (Å²) in [6.07, 6.45) is 3.91. The van der Waals surface area contributed by atoms with Crippen LogP contribution in [0.3, 0.4) is 0 Å². The molecule has 0 aliphatic heterocycles. The summed E-state index contributed by atoms with van der Waals surface area (Å²) < 4.78 is 33.1. The third-order valence-electron chi connectivity index (χ3n) is 5.43. The number of esters is 1. The summed E-state index contributed by atoms with van der Waals surface area (Å²) in [5, 5.41) is 7.12. The van der Waals surface area contributed by atoms with Crippen LogP contribution in [0.5, 0.6) is 0 Å². The number of fused-ring (bicyclic) bond motifs is 1. The second-order valence-electron chi connectivity index (χ2n) is 7.67. The first-order valence-corrected chi connectivity index (χ1v) is 10.6. The van der Waals surface area contributed by atoms with Crippen molar-refractivity contribution >= 4 is 11.9 Å². The molecular weight excluding hydrogens is 416 g/mol. The average Bonchev–Trinajstić information content (AvgIpc) is 3.19. The molecule has 32 heavy (non-hydrogen) atoms. The molecule has 1 heterocycles. The quantitative estimate of drug-likeness (QED) is 0.572. The largest absolute Gasteiger partial charge is 0.451 e. The van der Waals surface area contributed by atoms with Crippen molar-refractivity contribution in [1.29, 1.82) is 0 Å². The molecule has 1 N–H and O–H groups in total. The van der Waals surface area contributed by atoms with Crippen molar-refractivity contribution in [3.05, 3.63) is 82.7 Å². The Labute approximate surface area is 184 Å². The Balaban J connectivity index is 1.37. The van der Waals surface area contributed by atoms with Crippen LogP contribution in [-0.4, -0.2) is 34.8 Å². The maximum absolute atomic E-state index is 13.3. The maximum Gasteiger partial charge on any atom is 0.359 e. The summed E-state index contributed by atoms with van der Waals surface area (Å²) in [7, 11) is 0. The fraction of sp³-hybridized carbons (Fsp3) is 0.292. The highest BCUT2D eigenvalue weighted by molar-refractivity contribution is 5.91. The molecule has 1 aliphatic rings. The van der Waals surface area contributed by atoms with Crippen molar-refractivity contribution in [1.82, 2.24) is 15.1 Å². The summed E-state index contributed by atoms with van der Waals surface area (Å²) >= 11 is 0. The van der Waals surface area contributed by atoms with Gasteiger partial charge in [-0.3, -0.25) is 4.79 Å². The van der Waals surface area contributed by atoms with Crippen LogP contribution >= 0.6 is 0 Å². The van der Waals surface area contributed by atoms with Gasteiger partial charge in [-0.25, -0.2) is 18.3 Å². The van der Waals surface area contributed by atoms with E-state index in [0.29, 0.717) is 25.1 Å². The van der Waals surface area contributed by atoms with Crippen LogP contribution < -0.4 is 5.32 Å². The summed E-state index contributed by atoms with van der Waals surface area (Å²) in [4.78, 5) is 24.7. The van der Waals surface area contributed by atoms with Crippen molar-refractivity contribution in [3.8, 4) is 5.69 Å². The molecule has 0 spiro atoms. The van der Waals surface area contributed by atoms with E-state index in [2.05, 4.69) is 10.4 Å². The van der Waals surface area contributed by atoms with Gasteiger partial charge < -0.3 is 10.1 Å². The van der Waals surface area contributed by atoms with E-state index in [4.69, 9.17) is 4.74 Å². The number of amides is 1. The number of carbonyl (C=O) groups excluding carboxylic acids is 2. The predicted molar refractivity (Wildman–Crippen MR) is 114 cm³/mol. The Morgan fingerprint density at radius 3 is 2.34 bits per heavy atom. The second-order valence-corrected chi connectivity index (χ2v) is 7.67. The smallest absolute Gasteiger partial charge is 0.359 e. The monoisotopic (exact) mass is 439 g/mol. The zero-order valence-corrected chi connectivity index (χ0v) is 17.4. The normalized spacial score (nSPS) is 12.8. The Hall–Kier alpha value is -3.55. The molecule has 0 radical (unpaired) electrons. The van der Waals surface area contributed by atoms with Gasteiger partial charge in [-0.05, 0) is 74.1 Å². The molecule has 1 amide bonds. The van der Waals surface area contributed by atoms with Gasteiger partial charge >= 0.3 is 5.97 Å². The minimum atomic E-state index is -0.655. The number of nitrogens with zero attached hydrogens (tertiary/aromatic N) is 2. The number of hydrogen-bond donors (Lipinski definition) is 1. The van der Waals surface area contributed by atoms with Gasteiger partial charge in [-0.15, -0.1) is 0 Å². The number of halogens is 2. The zero-order valence-electron chi connectivity index (χ0n) is 17.4. The van der Waals surface area contributed by atoms with Gasteiger partial charge in [0.15, 0.2) is 12.3 Å². The van der Waals surface area contributed by atoms with E-state index in [1.807, 2.05) is 0 Å². The van der Waals surface area contributed by atoms with E-state index in [0.717, 1.165) is 36.1 Å². The first-order chi connectivity index (χ1) is 15.5. The number of ether oxygens (including phenoxy) is 1. The summed E-state index contributed by atoms with van der Waals surface area (Å²) in [6, 6.07) is 12.0. The molecule has 4 rings (SSSR count). The summed E-state index contributed by atoms with van der Waals surface area (Å²) in [5.74, 6) is -1.74. The topological polar surface area (TPSA) is 73.2 Å². The van der Waals surface area contributed by atoms with E-state index in [1.54, 1.807) is 28.9 Å². The first kappa shape index (κ1) is 21.7. The van der Waals surface area contributed by atoms with Crippen LogP contribution in [0.2, 0.25) is 0 Å². The molecule has 0 bridgehead atoms. The van der Waals surface area contributed by atoms with Gasteiger partial charge in [-0.2, -0.15) is 5.10 Å². The maximum atomic E-state index is 13.3. The Bertz CT molecular complexity index is 1110. The van der Waals surface area contributed by atoms with Crippen molar-refractivity contribution in [2.45, 2.75) is 32.1 Å². The Morgan fingerprint density at radius 1 is 0.969 bits per heavy atom. The fourth-order valence-electron chi connectivity index (χ4n) is 3.81. The second kappa shape index (κ2) is 9.72. The van der Waals surface area contributed by atoms with Crippen LogP contribution in [0.1, 0.15) is 40.2 Å². The molecule has 8 heteroatoms. The number of carbonyl (C=O) groups is 2. The molecule has 2 aromatic carbocycles. The highest BCUT2D eigenvalue weighted by Gasteiger charge is 2.27. The number of hydrogen-bond acceptors (Lipinski definition) is 4. The van der Waals surface area contributed by atoms with Crippen LogP contribution in [0, 0.1) is 11.6 Å². The molecule has 0 unspecified atom stereocenters. The van der Waals surface area contributed by atoms with Gasteiger partial charge in [0.05, 0.1) is 5.69 Å². The van der Waals surface area contributed by atoms with Gasteiger partial charge in [-0.1, -0.05) is 12.1 Å². The molecule has 6 nitrogen and oxygen atoms in total. The van der Waals surface area contributed by atoms with Crippen LogP contribution in [0.15, 0.2) is 48.5 Å². The molecule has 3 aromatic rings. The molecular formula is C24H23F2N3O3. The van der Waals surface area contributed by atoms with E-state index in [9.17, 15) is 18.4 Å².